The molecule has 2 aliphatic carbocycles. The molecule has 2 N–H and O–H groups in total. The van der Waals surface area contributed by atoms with Gasteiger partial charge in [-0.25, -0.2) is 24.6 Å². The molecule has 0 amide bonds. The van der Waals surface area contributed by atoms with Gasteiger partial charge in [0.25, 0.3) is 10.0 Å². The predicted octanol–water partition coefficient (Wildman–Crippen LogP) is 7.98. The maximum absolute atomic E-state index is 13.6. The van der Waals surface area contributed by atoms with Gasteiger partial charge in [0, 0.05) is 30.6 Å². The normalized spacial score (nSPS) is 18.6. The van der Waals surface area contributed by atoms with Crippen molar-refractivity contribution in [1.82, 2.24) is 24.4 Å². The lowest BCUT2D eigenvalue weighted by Gasteiger charge is -2.33. The third-order valence-corrected chi connectivity index (χ3v) is 11.8. The number of fused-ring (bicyclic) bond motifs is 1. The quantitative estimate of drug-likeness (QED) is 0.0961. The molecule has 1 unspecified atom stereocenters. The first kappa shape index (κ1) is 38.0. The summed E-state index contributed by atoms with van der Waals surface area (Å²) in [4.78, 5) is 29.6. The number of rotatable bonds is 12. The minimum atomic E-state index is -4.50. The van der Waals surface area contributed by atoms with Crippen molar-refractivity contribution >= 4 is 38.7 Å². The number of esters is 1. The molecule has 2 aliphatic rings. The molecule has 288 valence electrons. The van der Waals surface area contributed by atoms with Crippen molar-refractivity contribution in [3.8, 4) is 0 Å². The molecule has 2 saturated carbocycles. The summed E-state index contributed by atoms with van der Waals surface area (Å²) in [6.45, 7) is 2.57. The summed E-state index contributed by atoms with van der Waals surface area (Å²) in [6.07, 6.45) is 1.68. The monoisotopic (exact) mass is 773 g/mol. The fourth-order valence-electron chi connectivity index (χ4n) is 7.39. The van der Waals surface area contributed by atoms with Crippen molar-refractivity contribution in [1.29, 1.82) is 0 Å². The van der Waals surface area contributed by atoms with Gasteiger partial charge >= 0.3 is 12.1 Å². The summed E-state index contributed by atoms with van der Waals surface area (Å²) in [5, 5.41) is 7.97. The molecule has 2 aromatic heterocycles. The Morgan fingerprint density at radius 3 is 2.33 bits per heavy atom. The van der Waals surface area contributed by atoms with Gasteiger partial charge in [-0.05, 0) is 73.9 Å². The summed E-state index contributed by atoms with van der Waals surface area (Å²) in [5.41, 5.74) is 2.94. The highest BCUT2D eigenvalue weighted by atomic mass is 32.2. The van der Waals surface area contributed by atoms with E-state index in [0.717, 1.165) is 42.5 Å². The van der Waals surface area contributed by atoms with Crippen LogP contribution in [-0.2, 0) is 27.5 Å². The number of benzene rings is 3. The number of nitrogens with zero attached hydrogens (tertiary/aromatic N) is 5. The molecule has 15 heteroatoms. The first-order valence-corrected chi connectivity index (χ1v) is 19.9. The van der Waals surface area contributed by atoms with Crippen LogP contribution in [0.25, 0.3) is 11.2 Å². The minimum Gasteiger partial charge on any atom is -0.463 e. The fraction of sp³-hybridized carbons (Fsp3) is 0.375. The van der Waals surface area contributed by atoms with Crippen molar-refractivity contribution in [2.45, 2.75) is 81.3 Å². The zero-order valence-corrected chi connectivity index (χ0v) is 31.3. The zero-order chi connectivity index (χ0) is 38.7. The number of hydrazone groups is 1. The summed E-state index contributed by atoms with van der Waals surface area (Å²) in [7, 11) is -2.75. The van der Waals surface area contributed by atoms with Crippen LogP contribution in [0.15, 0.2) is 88.9 Å². The average Bonchev–Trinajstić information content (AvgIpc) is 3.52. The standard InChI is InChI=1S/C40H42F3N7O4S/c1-25-14-20-30(21-15-25)55(52,53)49-48-32-13-7-12-31(33(32)28-10-4-3-5-11-28)38-47-36-34(50(38)24-27-16-18-29(19-17-27)40(41,42)43)35(44-23-22-26-8-6-9-26)45-37(46-36)39(51)54-2/h3-5,10-11,14-21,26,31,33,49H,6-9,12-13,22-24H2,1-2H3,(H,44,45,46)/t31-,33?/m1/s1. The molecule has 0 radical (unpaired) electrons. The number of alkyl halides is 3. The Balaban J connectivity index is 1.36. The maximum atomic E-state index is 13.6. The first-order chi connectivity index (χ1) is 26.4. The molecule has 0 saturated heterocycles. The van der Waals surface area contributed by atoms with Gasteiger partial charge in [-0.3, -0.25) is 0 Å². The van der Waals surface area contributed by atoms with E-state index in [2.05, 4.69) is 25.2 Å². The highest BCUT2D eigenvalue weighted by Crippen LogP contribution is 2.44. The maximum Gasteiger partial charge on any atom is 0.416 e. The van der Waals surface area contributed by atoms with Crippen LogP contribution in [-0.4, -0.2) is 53.3 Å². The van der Waals surface area contributed by atoms with Gasteiger partial charge in [0.2, 0.25) is 5.82 Å². The van der Waals surface area contributed by atoms with E-state index in [1.165, 1.54) is 37.8 Å². The number of hydrogen-bond acceptors (Lipinski definition) is 9. The fourth-order valence-corrected chi connectivity index (χ4v) is 8.23. The number of anilines is 1. The van der Waals surface area contributed by atoms with Crippen LogP contribution in [0.4, 0.5) is 19.0 Å². The predicted molar refractivity (Wildman–Crippen MR) is 202 cm³/mol. The number of aryl methyl sites for hydroxylation is 1. The summed E-state index contributed by atoms with van der Waals surface area (Å²) in [5.74, 6) is -0.236. The number of carbonyl (C=O) groups is 1. The smallest absolute Gasteiger partial charge is 0.416 e. The molecule has 0 aliphatic heterocycles. The Morgan fingerprint density at radius 1 is 0.945 bits per heavy atom. The number of hydrogen-bond donors (Lipinski definition) is 2. The number of ether oxygens (including phenoxy) is 1. The second-order valence-electron chi connectivity index (χ2n) is 14.2. The Labute approximate surface area is 317 Å². The number of methoxy groups -OCH3 is 1. The van der Waals surface area contributed by atoms with Gasteiger partial charge in [-0.15, -0.1) is 0 Å². The summed E-state index contributed by atoms with van der Waals surface area (Å²) >= 11 is 0. The molecule has 11 nitrogen and oxygen atoms in total. The minimum absolute atomic E-state index is 0.0849. The topological polar surface area (TPSA) is 140 Å². The number of imidazole rings is 1. The van der Waals surface area contributed by atoms with Crippen LogP contribution >= 0.6 is 0 Å². The van der Waals surface area contributed by atoms with E-state index in [-0.39, 0.29) is 28.8 Å². The van der Waals surface area contributed by atoms with E-state index < -0.39 is 33.7 Å². The Bertz CT molecular complexity index is 2290. The Morgan fingerprint density at radius 2 is 1.67 bits per heavy atom. The van der Waals surface area contributed by atoms with Gasteiger partial charge in [-0.1, -0.05) is 79.4 Å². The molecule has 2 fully saturated rings. The lowest BCUT2D eigenvalue weighted by molar-refractivity contribution is -0.137. The average molecular weight is 774 g/mol. The first-order valence-electron chi connectivity index (χ1n) is 18.4. The van der Waals surface area contributed by atoms with Crippen LogP contribution in [0.5, 0.6) is 0 Å². The second-order valence-corrected chi connectivity index (χ2v) is 15.9. The molecular weight excluding hydrogens is 732 g/mol. The van der Waals surface area contributed by atoms with Gasteiger partial charge in [0.1, 0.15) is 11.3 Å². The molecule has 7 rings (SSSR count). The van der Waals surface area contributed by atoms with E-state index in [9.17, 15) is 26.4 Å². The van der Waals surface area contributed by atoms with E-state index in [1.807, 2.05) is 41.8 Å². The van der Waals surface area contributed by atoms with E-state index >= 15 is 0 Å². The Kier molecular flexibility index (Phi) is 10.9. The number of carbonyl (C=O) groups excluding carboxylic acids is 1. The molecule has 2 heterocycles. The van der Waals surface area contributed by atoms with E-state index in [0.29, 0.717) is 60.2 Å². The largest absolute Gasteiger partial charge is 0.463 e. The van der Waals surface area contributed by atoms with E-state index in [1.54, 1.807) is 12.1 Å². The molecule has 55 heavy (non-hydrogen) atoms. The van der Waals surface area contributed by atoms with Crippen molar-refractivity contribution in [3.63, 3.8) is 0 Å². The summed E-state index contributed by atoms with van der Waals surface area (Å²) < 4.78 is 74.3. The highest BCUT2D eigenvalue weighted by Gasteiger charge is 2.38. The van der Waals surface area contributed by atoms with Crippen LogP contribution in [0.2, 0.25) is 0 Å². The molecule has 0 spiro atoms. The third-order valence-electron chi connectivity index (χ3n) is 10.5. The zero-order valence-electron chi connectivity index (χ0n) is 30.5. The highest BCUT2D eigenvalue weighted by molar-refractivity contribution is 7.89. The van der Waals surface area contributed by atoms with Gasteiger partial charge in [0.05, 0.1) is 17.6 Å². The number of halogens is 3. The van der Waals surface area contributed by atoms with Crippen LogP contribution < -0.4 is 10.1 Å². The van der Waals surface area contributed by atoms with Gasteiger partial charge in [0.15, 0.2) is 11.5 Å². The van der Waals surface area contributed by atoms with Gasteiger partial charge < -0.3 is 14.6 Å². The number of aromatic nitrogens is 4. The number of sulfonamides is 1. The third kappa shape index (κ3) is 8.36. The number of nitrogens with one attached hydrogen (secondary N) is 2. The molecule has 5 aromatic rings. The van der Waals surface area contributed by atoms with Crippen molar-refractivity contribution in [2.75, 3.05) is 19.0 Å². The van der Waals surface area contributed by atoms with Crippen LogP contribution in [0.1, 0.15) is 95.5 Å². The van der Waals surface area contributed by atoms with Crippen LogP contribution in [0.3, 0.4) is 0 Å². The molecule has 2 atom stereocenters. The Hall–Kier alpha value is -5.31. The van der Waals surface area contributed by atoms with Crippen molar-refractivity contribution in [3.05, 3.63) is 113 Å². The lowest BCUT2D eigenvalue weighted by Crippen LogP contribution is -2.30. The molecule has 0 bridgehead atoms. The van der Waals surface area contributed by atoms with Crippen molar-refractivity contribution < 1.29 is 31.1 Å². The second kappa shape index (κ2) is 15.8. The van der Waals surface area contributed by atoms with Crippen LogP contribution in [0, 0.1) is 12.8 Å². The van der Waals surface area contributed by atoms with Gasteiger partial charge in [-0.2, -0.15) is 26.7 Å². The summed E-state index contributed by atoms with van der Waals surface area (Å²) in [6, 6.07) is 21.1. The molecule has 3 aromatic carbocycles. The SMILES string of the molecule is COC(=O)c1nc(NCCC2CCC2)c2c(n1)nc([C@@H]1CCCC(=NNS(=O)(=O)c3ccc(C)cc3)C1c1ccccc1)n2Cc1ccc(C(F)(F)F)cc1. The van der Waals surface area contributed by atoms with E-state index in [4.69, 9.17) is 9.72 Å². The van der Waals surface area contributed by atoms with Crippen molar-refractivity contribution in [2.24, 2.45) is 11.0 Å². The molecular formula is C40H42F3N7O4S. The lowest BCUT2D eigenvalue weighted by atomic mass is 9.73.